The zero-order valence-corrected chi connectivity index (χ0v) is 16.9. The molecule has 0 N–H and O–H groups in total. The molecule has 0 fully saturated rings. The van der Waals surface area contributed by atoms with Crippen LogP contribution in [0.2, 0.25) is 0 Å². The zero-order valence-electron chi connectivity index (χ0n) is 16.1. The predicted octanol–water partition coefficient (Wildman–Crippen LogP) is 4.05. The minimum atomic E-state index is 0.622. The summed E-state index contributed by atoms with van der Waals surface area (Å²) in [6.07, 6.45) is 0. The minimum absolute atomic E-state index is 0.622. The van der Waals surface area contributed by atoms with E-state index in [0.717, 1.165) is 29.4 Å². The van der Waals surface area contributed by atoms with Crippen molar-refractivity contribution in [2.24, 2.45) is 0 Å². The van der Waals surface area contributed by atoms with Gasteiger partial charge in [0.15, 0.2) is 4.77 Å². The van der Waals surface area contributed by atoms with Crippen molar-refractivity contribution in [2.45, 2.75) is 27.1 Å². The van der Waals surface area contributed by atoms with E-state index in [1.165, 1.54) is 11.1 Å². The van der Waals surface area contributed by atoms with E-state index in [9.17, 15) is 0 Å². The van der Waals surface area contributed by atoms with Crippen molar-refractivity contribution >= 4 is 12.2 Å². The third-order valence-electron chi connectivity index (χ3n) is 4.40. The fourth-order valence-corrected chi connectivity index (χ4v) is 3.21. The Morgan fingerprint density at radius 2 is 1.85 bits per heavy atom. The van der Waals surface area contributed by atoms with Crippen LogP contribution in [0.3, 0.4) is 0 Å². The molecule has 0 amide bonds. The highest BCUT2D eigenvalue weighted by molar-refractivity contribution is 7.71. The molecule has 5 nitrogen and oxygen atoms in total. The highest BCUT2D eigenvalue weighted by Gasteiger charge is 2.09. The van der Waals surface area contributed by atoms with E-state index in [-0.39, 0.29) is 0 Å². The maximum absolute atomic E-state index is 5.83. The topological polar surface area (TPSA) is 35.2 Å². The van der Waals surface area contributed by atoms with Crippen molar-refractivity contribution in [2.75, 3.05) is 20.2 Å². The molecule has 0 bridgehead atoms. The second-order valence-electron chi connectivity index (χ2n) is 6.79. The van der Waals surface area contributed by atoms with Gasteiger partial charge in [0.2, 0.25) is 0 Å². The smallest absolute Gasteiger partial charge is 0.199 e. The van der Waals surface area contributed by atoms with Gasteiger partial charge in [-0.2, -0.15) is 5.10 Å². The van der Waals surface area contributed by atoms with Gasteiger partial charge in [-0.15, -0.1) is 0 Å². The first-order chi connectivity index (χ1) is 13.0. The van der Waals surface area contributed by atoms with Gasteiger partial charge < -0.3 is 4.74 Å². The van der Waals surface area contributed by atoms with Gasteiger partial charge in [-0.3, -0.25) is 9.47 Å². The molecule has 0 spiro atoms. The van der Waals surface area contributed by atoms with Gasteiger partial charge in [0, 0.05) is 6.54 Å². The summed E-state index contributed by atoms with van der Waals surface area (Å²) in [5.74, 6) is 1.83. The molecule has 0 saturated heterocycles. The summed E-state index contributed by atoms with van der Waals surface area (Å²) in [6, 6.07) is 18.4. The van der Waals surface area contributed by atoms with Crippen LogP contribution < -0.4 is 4.74 Å². The van der Waals surface area contributed by atoms with Crippen LogP contribution in [-0.4, -0.2) is 39.4 Å². The standard InChI is InChI=1S/C21H26N4OS/c1-17-8-7-11-20(14-17)26-13-12-23(3)16-25-21(27)24(18(2)22-25)15-19-9-5-4-6-10-19/h4-11,14H,12-13,15-16H2,1-3H3. The monoisotopic (exact) mass is 382 g/mol. The third-order valence-corrected chi connectivity index (χ3v) is 4.83. The molecule has 0 unspecified atom stereocenters. The molecule has 3 aromatic rings. The van der Waals surface area contributed by atoms with Crippen LogP contribution in [0.25, 0.3) is 0 Å². The fourth-order valence-electron chi connectivity index (χ4n) is 2.91. The molecule has 27 heavy (non-hydrogen) atoms. The zero-order chi connectivity index (χ0) is 19.2. The van der Waals surface area contributed by atoms with Crippen LogP contribution in [0.15, 0.2) is 54.6 Å². The molecule has 0 radical (unpaired) electrons. The largest absolute Gasteiger partial charge is 0.492 e. The molecule has 6 heteroatoms. The van der Waals surface area contributed by atoms with E-state index >= 15 is 0 Å². The SMILES string of the molecule is Cc1cccc(OCCN(C)Cn2nc(C)n(Cc3ccccc3)c2=S)c1. The molecular formula is C21H26N4OS. The van der Waals surface area contributed by atoms with Crippen LogP contribution in [0, 0.1) is 18.6 Å². The van der Waals surface area contributed by atoms with Crippen molar-refractivity contribution in [1.29, 1.82) is 0 Å². The van der Waals surface area contributed by atoms with Crippen molar-refractivity contribution in [3.8, 4) is 5.75 Å². The van der Waals surface area contributed by atoms with Crippen molar-refractivity contribution in [3.63, 3.8) is 0 Å². The summed E-state index contributed by atoms with van der Waals surface area (Å²) < 4.78 is 10.5. The van der Waals surface area contributed by atoms with Gasteiger partial charge >= 0.3 is 0 Å². The molecule has 1 heterocycles. The van der Waals surface area contributed by atoms with Gasteiger partial charge in [-0.1, -0.05) is 42.5 Å². The quantitative estimate of drug-likeness (QED) is 0.551. The van der Waals surface area contributed by atoms with Crippen molar-refractivity contribution in [1.82, 2.24) is 19.2 Å². The molecule has 0 aliphatic heterocycles. The summed E-state index contributed by atoms with van der Waals surface area (Å²) in [7, 11) is 2.05. The van der Waals surface area contributed by atoms with Crippen molar-refractivity contribution in [3.05, 3.63) is 76.3 Å². The molecule has 0 atom stereocenters. The Balaban J connectivity index is 1.57. The molecule has 0 aliphatic rings. The second-order valence-corrected chi connectivity index (χ2v) is 7.15. The molecule has 0 aliphatic carbocycles. The van der Waals surface area contributed by atoms with E-state index in [4.69, 9.17) is 17.0 Å². The lowest BCUT2D eigenvalue weighted by Gasteiger charge is -2.17. The summed E-state index contributed by atoms with van der Waals surface area (Å²) in [6.45, 7) is 6.85. The second kappa shape index (κ2) is 8.97. The third kappa shape index (κ3) is 5.28. The number of rotatable bonds is 8. The Morgan fingerprint density at radius 3 is 2.59 bits per heavy atom. The Bertz CT molecular complexity index is 933. The van der Waals surface area contributed by atoms with Gasteiger partial charge in [-0.25, -0.2) is 4.68 Å². The first-order valence-electron chi connectivity index (χ1n) is 9.09. The molecule has 0 saturated carbocycles. The highest BCUT2D eigenvalue weighted by Crippen LogP contribution is 2.12. The molecule has 1 aromatic heterocycles. The van der Waals surface area contributed by atoms with Crippen LogP contribution in [0.4, 0.5) is 0 Å². The number of hydrogen-bond acceptors (Lipinski definition) is 4. The lowest BCUT2D eigenvalue weighted by molar-refractivity contribution is 0.197. The van der Waals surface area contributed by atoms with E-state index in [2.05, 4.69) is 39.7 Å². The Morgan fingerprint density at radius 1 is 1.07 bits per heavy atom. The number of hydrogen-bond donors (Lipinski definition) is 0. The maximum atomic E-state index is 5.83. The first-order valence-corrected chi connectivity index (χ1v) is 9.50. The summed E-state index contributed by atoms with van der Waals surface area (Å²) in [5, 5.41) is 4.62. The fraction of sp³-hybridized carbons (Fsp3) is 0.333. The number of nitrogens with zero attached hydrogens (tertiary/aromatic N) is 4. The Labute approximate surface area is 165 Å². The van der Waals surface area contributed by atoms with Gasteiger partial charge in [0.25, 0.3) is 0 Å². The highest BCUT2D eigenvalue weighted by atomic mass is 32.1. The lowest BCUT2D eigenvalue weighted by Crippen LogP contribution is -2.27. The van der Waals surface area contributed by atoms with Gasteiger partial charge in [-0.05, 0) is 56.4 Å². The predicted molar refractivity (Wildman–Crippen MR) is 111 cm³/mol. The first kappa shape index (κ1) is 19.3. The number of likely N-dealkylation sites (N-methyl/N-ethyl adjacent to an activating group) is 1. The molecule has 142 valence electrons. The van der Waals surface area contributed by atoms with E-state index in [1.54, 1.807) is 0 Å². The average molecular weight is 383 g/mol. The van der Waals surface area contributed by atoms with Crippen LogP contribution >= 0.6 is 12.2 Å². The van der Waals surface area contributed by atoms with Gasteiger partial charge in [0.1, 0.15) is 18.2 Å². The summed E-state index contributed by atoms with van der Waals surface area (Å²) >= 11 is 5.64. The lowest BCUT2D eigenvalue weighted by atomic mass is 10.2. The van der Waals surface area contributed by atoms with E-state index < -0.39 is 0 Å². The minimum Gasteiger partial charge on any atom is -0.492 e. The van der Waals surface area contributed by atoms with E-state index in [0.29, 0.717) is 13.3 Å². The number of benzene rings is 2. The van der Waals surface area contributed by atoms with Crippen LogP contribution in [0.1, 0.15) is 17.0 Å². The van der Waals surface area contributed by atoms with Gasteiger partial charge in [0.05, 0.1) is 13.2 Å². The number of aromatic nitrogens is 3. The van der Waals surface area contributed by atoms with Crippen molar-refractivity contribution < 1.29 is 4.74 Å². The maximum Gasteiger partial charge on any atom is 0.199 e. The van der Waals surface area contributed by atoms with Crippen LogP contribution in [-0.2, 0) is 13.2 Å². The Hall–Kier alpha value is -2.44. The summed E-state index contributed by atoms with van der Waals surface area (Å²) in [4.78, 5) is 2.16. The molecule has 3 rings (SSSR count). The van der Waals surface area contributed by atoms with Crippen LogP contribution in [0.5, 0.6) is 5.75 Å². The number of aryl methyl sites for hydroxylation is 2. The Kier molecular flexibility index (Phi) is 6.42. The normalized spacial score (nSPS) is 11.1. The number of ether oxygens (including phenoxy) is 1. The average Bonchev–Trinajstić information content (AvgIpc) is 2.90. The molecular weight excluding hydrogens is 356 g/mol. The summed E-state index contributed by atoms with van der Waals surface area (Å²) in [5.41, 5.74) is 2.42. The molecule has 2 aromatic carbocycles. The van der Waals surface area contributed by atoms with E-state index in [1.807, 2.05) is 55.1 Å².